The number of rotatable bonds is 3. The molecule has 1 fully saturated rings. The lowest BCUT2D eigenvalue weighted by molar-refractivity contribution is 0.628. The molecule has 1 aliphatic rings. The third-order valence-corrected chi connectivity index (χ3v) is 3.49. The largest absolute Gasteiger partial charge is 0.405 e. The maximum atomic E-state index is 5.75. The van der Waals surface area contributed by atoms with Crippen LogP contribution in [-0.4, -0.2) is 0 Å². The van der Waals surface area contributed by atoms with Crippen LogP contribution in [-0.2, 0) is 0 Å². The maximum absolute atomic E-state index is 5.75. The van der Waals surface area contributed by atoms with Crippen molar-refractivity contribution in [1.82, 2.24) is 0 Å². The molecule has 0 aliphatic heterocycles. The average molecular weight is 264 g/mol. The standard InChI is InChI=1S/C13H21N.C2H5N.C2H6/c1-6-7-12(10(3)11(4)14)13(5)8-9(13)2;1-2-3;1-2/h6-7,9H,4,8,14H2,1-3,5H3;2H,1,3H2;1-2H3/b7-6-,12-10-;;. The van der Waals surface area contributed by atoms with Gasteiger partial charge in [-0.05, 0) is 48.9 Å². The van der Waals surface area contributed by atoms with Crippen LogP contribution in [0.15, 0.2) is 48.4 Å². The maximum Gasteiger partial charge on any atom is 0.0273 e. The lowest BCUT2D eigenvalue weighted by Gasteiger charge is -2.16. The van der Waals surface area contributed by atoms with Gasteiger partial charge < -0.3 is 11.5 Å². The summed E-state index contributed by atoms with van der Waals surface area (Å²) in [6.07, 6.45) is 6.77. The van der Waals surface area contributed by atoms with E-state index in [4.69, 9.17) is 5.73 Å². The van der Waals surface area contributed by atoms with Crippen molar-refractivity contribution < 1.29 is 0 Å². The van der Waals surface area contributed by atoms with Crippen molar-refractivity contribution in [2.75, 3.05) is 0 Å². The third-order valence-electron chi connectivity index (χ3n) is 3.49. The summed E-state index contributed by atoms with van der Waals surface area (Å²) in [5, 5.41) is 0. The quantitative estimate of drug-likeness (QED) is 0.737. The highest BCUT2D eigenvalue weighted by Crippen LogP contribution is 2.58. The van der Waals surface area contributed by atoms with Crippen molar-refractivity contribution in [3.63, 3.8) is 0 Å². The van der Waals surface area contributed by atoms with Gasteiger partial charge >= 0.3 is 0 Å². The highest BCUT2D eigenvalue weighted by Gasteiger charge is 2.49. The Labute approximate surface area is 120 Å². The smallest absolute Gasteiger partial charge is 0.0273 e. The van der Waals surface area contributed by atoms with Crippen molar-refractivity contribution in [2.45, 2.75) is 48.0 Å². The van der Waals surface area contributed by atoms with Gasteiger partial charge in [0.1, 0.15) is 0 Å². The predicted octanol–water partition coefficient (Wildman–Crippen LogP) is 4.51. The van der Waals surface area contributed by atoms with Gasteiger partial charge in [-0.2, -0.15) is 0 Å². The van der Waals surface area contributed by atoms with Crippen molar-refractivity contribution >= 4 is 0 Å². The summed E-state index contributed by atoms with van der Waals surface area (Å²) in [5.74, 6) is 0.767. The van der Waals surface area contributed by atoms with Crippen LogP contribution in [0.3, 0.4) is 0 Å². The van der Waals surface area contributed by atoms with Gasteiger partial charge in [0.05, 0.1) is 0 Å². The molecule has 0 heterocycles. The Morgan fingerprint density at radius 3 is 1.95 bits per heavy atom. The second-order valence-electron chi connectivity index (χ2n) is 4.82. The first-order valence-electron chi connectivity index (χ1n) is 6.96. The van der Waals surface area contributed by atoms with Crippen LogP contribution < -0.4 is 11.5 Å². The fourth-order valence-electron chi connectivity index (χ4n) is 2.04. The molecule has 0 aromatic rings. The Bertz CT molecular complexity index is 350. The normalized spacial score (nSPS) is 25.3. The van der Waals surface area contributed by atoms with E-state index < -0.39 is 0 Å². The van der Waals surface area contributed by atoms with E-state index in [2.05, 4.69) is 51.8 Å². The molecule has 0 aromatic carbocycles. The Balaban J connectivity index is 0. The summed E-state index contributed by atoms with van der Waals surface area (Å²) in [4.78, 5) is 0. The molecule has 0 amide bonds. The van der Waals surface area contributed by atoms with E-state index >= 15 is 0 Å². The highest BCUT2D eigenvalue weighted by molar-refractivity contribution is 5.43. The van der Waals surface area contributed by atoms with Crippen molar-refractivity contribution in [2.24, 2.45) is 22.8 Å². The van der Waals surface area contributed by atoms with E-state index in [1.807, 2.05) is 20.8 Å². The Hall–Kier alpha value is -1.44. The molecule has 0 bridgehead atoms. The first-order valence-corrected chi connectivity index (χ1v) is 6.96. The molecule has 1 rings (SSSR count). The lowest BCUT2D eigenvalue weighted by Crippen LogP contribution is -2.07. The first-order chi connectivity index (χ1) is 8.84. The van der Waals surface area contributed by atoms with Crippen molar-refractivity contribution in [1.29, 1.82) is 0 Å². The van der Waals surface area contributed by atoms with E-state index in [9.17, 15) is 0 Å². The molecular formula is C17H32N2. The van der Waals surface area contributed by atoms with Gasteiger partial charge in [0.15, 0.2) is 0 Å². The van der Waals surface area contributed by atoms with E-state index in [1.165, 1.54) is 18.2 Å². The summed E-state index contributed by atoms with van der Waals surface area (Å²) in [7, 11) is 0. The summed E-state index contributed by atoms with van der Waals surface area (Å²) in [5.41, 5.74) is 13.9. The van der Waals surface area contributed by atoms with Gasteiger partial charge in [-0.15, -0.1) is 0 Å². The summed E-state index contributed by atoms with van der Waals surface area (Å²) in [6, 6.07) is 0. The van der Waals surface area contributed by atoms with Crippen molar-refractivity contribution in [3.8, 4) is 0 Å². The van der Waals surface area contributed by atoms with Gasteiger partial charge in [0.2, 0.25) is 0 Å². The Morgan fingerprint density at radius 2 is 1.74 bits per heavy atom. The van der Waals surface area contributed by atoms with Gasteiger partial charge in [0, 0.05) is 5.70 Å². The molecule has 0 radical (unpaired) electrons. The zero-order valence-corrected chi connectivity index (χ0v) is 13.6. The van der Waals surface area contributed by atoms with Gasteiger partial charge in [0.25, 0.3) is 0 Å². The third kappa shape index (κ3) is 5.82. The van der Waals surface area contributed by atoms with E-state index in [-0.39, 0.29) is 0 Å². The van der Waals surface area contributed by atoms with Crippen LogP contribution in [0.5, 0.6) is 0 Å². The van der Waals surface area contributed by atoms with Crippen LogP contribution >= 0.6 is 0 Å². The first kappa shape index (κ1) is 19.9. The topological polar surface area (TPSA) is 52.0 Å². The van der Waals surface area contributed by atoms with Crippen LogP contribution in [0.2, 0.25) is 0 Å². The molecule has 110 valence electrons. The van der Waals surface area contributed by atoms with Crippen molar-refractivity contribution in [3.05, 3.63) is 48.4 Å². The zero-order chi connectivity index (χ0) is 15.6. The monoisotopic (exact) mass is 264 g/mol. The fraction of sp³-hybridized carbons (Fsp3) is 0.529. The average Bonchev–Trinajstić information content (AvgIpc) is 2.97. The minimum atomic E-state index is 0.332. The molecule has 0 spiro atoms. The minimum absolute atomic E-state index is 0.332. The summed E-state index contributed by atoms with van der Waals surface area (Å²) >= 11 is 0. The molecule has 0 saturated heterocycles. The predicted molar refractivity (Wildman–Crippen MR) is 88.5 cm³/mol. The van der Waals surface area contributed by atoms with Crippen LogP contribution in [0.1, 0.15) is 48.0 Å². The highest BCUT2D eigenvalue weighted by atomic mass is 14.6. The molecule has 4 N–H and O–H groups in total. The molecule has 2 unspecified atom stereocenters. The van der Waals surface area contributed by atoms with E-state index in [0.717, 1.165) is 11.5 Å². The Morgan fingerprint density at radius 1 is 1.37 bits per heavy atom. The molecule has 2 atom stereocenters. The second-order valence-corrected chi connectivity index (χ2v) is 4.82. The number of hydrogen-bond donors (Lipinski definition) is 2. The van der Waals surface area contributed by atoms with Gasteiger partial charge in [-0.3, -0.25) is 0 Å². The van der Waals surface area contributed by atoms with Crippen LogP contribution in [0.4, 0.5) is 0 Å². The molecular weight excluding hydrogens is 232 g/mol. The second kappa shape index (κ2) is 9.48. The number of nitrogens with two attached hydrogens (primary N) is 2. The van der Waals surface area contributed by atoms with Gasteiger partial charge in [-0.25, -0.2) is 0 Å². The Kier molecular flexibility index (Phi) is 9.93. The molecule has 1 aliphatic carbocycles. The zero-order valence-electron chi connectivity index (χ0n) is 13.6. The summed E-state index contributed by atoms with van der Waals surface area (Å²) < 4.78 is 0. The summed E-state index contributed by atoms with van der Waals surface area (Å²) in [6.45, 7) is 19.7. The van der Waals surface area contributed by atoms with E-state index in [1.54, 1.807) is 0 Å². The molecule has 19 heavy (non-hydrogen) atoms. The molecule has 2 nitrogen and oxygen atoms in total. The lowest BCUT2D eigenvalue weighted by atomic mass is 9.90. The fourth-order valence-corrected chi connectivity index (χ4v) is 2.04. The van der Waals surface area contributed by atoms with Crippen LogP contribution in [0, 0.1) is 11.3 Å². The molecule has 0 aromatic heterocycles. The minimum Gasteiger partial charge on any atom is -0.405 e. The van der Waals surface area contributed by atoms with Crippen LogP contribution in [0.25, 0.3) is 0 Å². The molecule has 2 heteroatoms. The molecule has 1 saturated carbocycles. The van der Waals surface area contributed by atoms with E-state index in [0.29, 0.717) is 11.1 Å². The SMILES string of the molecule is C=C(N)/C(C)=C(/C=C\C)C1(C)CC1C.C=CN.CC. The van der Waals surface area contributed by atoms with Gasteiger partial charge in [-0.1, -0.05) is 53.0 Å². The number of allylic oxidation sites excluding steroid dienone is 4. The number of hydrogen-bond acceptors (Lipinski definition) is 2.